The number of halogens is 2. The van der Waals surface area contributed by atoms with E-state index in [-0.39, 0.29) is 29.5 Å². The zero-order valence-corrected chi connectivity index (χ0v) is 30.2. The van der Waals surface area contributed by atoms with Gasteiger partial charge in [0.05, 0.1) is 27.2 Å². The molecule has 0 aliphatic heterocycles. The van der Waals surface area contributed by atoms with E-state index in [1.807, 2.05) is 50.4 Å². The molecule has 0 fully saturated rings. The maximum absolute atomic E-state index is 14.6. The second-order valence-corrected chi connectivity index (χ2v) is 14.4. The van der Waals surface area contributed by atoms with Crippen molar-refractivity contribution in [3.63, 3.8) is 0 Å². The summed E-state index contributed by atoms with van der Waals surface area (Å²) in [6, 6.07) is 26.4. The SMILES string of the molecule is CCCNC(=O)[C@@H](Cc1ccccc1)N(Cc1ccc(Cl)c(Cl)c1)C(=O)CN(c1ccc(OCC)cc1)S(=O)(=O)c1ccc(SC)cc1. The largest absolute Gasteiger partial charge is 0.494 e. The highest BCUT2D eigenvalue weighted by atomic mass is 35.5. The van der Waals surface area contributed by atoms with Crippen molar-refractivity contribution in [3.05, 3.63) is 118 Å². The summed E-state index contributed by atoms with van der Waals surface area (Å²) in [5.74, 6) is -0.366. The molecule has 0 saturated carbocycles. The molecule has 12 heteroatoms. The summed E-state index contributed by atoms with van der Waals surface area (Å²) in [4.78, 5) is 30.7. The third-order valence-corrected chi connectivity index (χ3v) is 10.8. The standard InChI is InChI=1S/C36H39Cl2N3O5S2/c1-4-21-39-36(43)34(23-26-9-7-6-8-10-26)40(24-27-11-20-32(37)33(38)22-27)35(42)25-41(28-12-14-29(15-13-28)46-5-2)48(44,45)31-18-16-30(47-3)17-19-31/h6-20,22,34H,4-5,21,23-25H2,1-3H3,(H,39,43)/t34-/m1/s1. The number of ether oxygens (including phenoxy) is 1. The number of thioether (sulfide) groups is 1. The second-order valence-electron chi connectivity index (χ2n) is 10.9. The van der Waals surface area contributed by atoms with E-state index in [4.69, 9.17) is 27.9 Å². The molecular weight excluding hydrogens is 689 g/mol. The summed E-state index contributed by atoms with van der Waals surface area (Å²) in [7, 11) is -4.24. The quantitative estimate of drug-likeness (QED) is 0.120. The Labute approximate surface area is 297 Å². The van der Waals surface area contributed by atoms with Crippen molar-refractivity contribution in [2.24, 2.45) is 0 Å². The third kappa shape index (κ3) is 9.69. The molecule has 0 radical (unpaired) electrons. The molecule has 0 aliphatic carbocycles. The number of anilines is 1. The topological polar surface area (TPSA) is 96.0 Å². The lowest BCUT2D eigenvalue weighted by Gasteiger charge is -2.34. The number of carbonyl (C=O) groups is 2. The van der Waals surface area contributed by atoms with Gasteiger partial charge in [0.1, 0.15) is 18.3 Å². The second kappa shape index (κ2) is 17.6. The van der Waals surface area contributed by atoms with Crippen molar-refractivity contribution in [1.82, 2.24) is 10.2 Å². The van der Waals surface area contributed by atoms with E-state index in [1.54, 1.807) is 54.6 Å². The van der Waals surface area contributed by atoms with E-state index in [1.165, 1.54) is 28.8 Å². The van der Waals surface area contributed by atoms with Crippen LogP contribution in [-0.4, -0.2) is 57.1 Å². The number of nitrogens with zero attached hydrogens (tertiary/aromatic N) is 2. The van der Waals surface area contributed by atoms with Crippen molar-refractivity contribution in [1.29, 1.82) is 0 Å². The first-order valence-electron chi connectivity index (χ1n) is 15.5. The smallest absolute Gasteiger partial charge is 0.264 e. The lowest BCUT2D eigenvalue weighted by Crippen LogP contribution is -2.53. The number of amides is 2. The highest BCUT2D eigenvalue weighted by molar-refractivity contribution is 7.98. The van der Waals surface area contributed by atoms with Gasteiger partial charge in [-0.3, -0.25) is 13.9 Å². The zero-order valence-electron chi connectivity index (χ0n) is 27.1. The number of hydrogen-bond acceptors (Lipinski definition) is 6. The molecule has 8 nitrogen and oxygen atoms in total. The molecule has 48 heavy (non-hydrogen) atoms. The van der Waals surface area contributed by atoms with Crippen LogP contribution >= 0.6 is 35.0 Å². The number of nitrogens with one attached hydrogen (secondary N) is 1. The van der Waals surface area contributed by atoms with Crippen molar-refractivity contribution in [2.45, 2.75) is 49.1 Å². The van der Waals surface area contributed by atoms with Gasteiger partial charge in [-0.05, 0) is 91.4 Å². The molecule has 4 aromatic carbocycles. The molecule has 4 aromatic rings. The fourth-order valence-corrected chi connectivity index (χ4v) is 7.18. The fourth-order valence-electron chi connectivity index (χ4n) is 5.03. The summed E-state index contributed by atoms with van der Waals surface area (Å²) >= 11 is 14.0. The Morgan fingerprint density at radius 3 is 2.17 bits per heavy atom. The normalized spacial score (nSPS) is 11.9. The molecule has 0 aliphatic rings. The Kier molecular flexibility index (Phi) is 13.6. The number of hydrogen-bond donors (Lipinski definition) is 1. The first-order valence-corrected chi connectivity index (χ1v) is 18.9. The van der Waals surface area contributed by atoms with E-state index < -0.39 is 28.5 Å². The van der Waals surface area contributed by atoms with Crippen LogP contribution in [0.25, 0.3) is 0 Å². The van der Waals surface area contributed by atoms with Gasteiger partial charge in [0, 0.05) is 24.4 Å². The van der Waals surface area contributed by atoms with Gasteiger partial charge in [0.15, 0.2) is 0 Å². The van der Waals surface area contributed by atoms with Gasteiger partial charge in [-0.2, -0.15) is 0 Å². The van der Waals surface area contributed by atoms with Crippen molar-refractivity contribution in [3.8, 4) is 5.75 Å². The molecular formula is C36H39Cl2N3O5S2. The zero-order chi connectivity index (χ0) is 34.7. The number of benzene rings is 4. The van der Waals surface area contributed by atoms with Gasteiger partial charge in [0.25, 0.3) is 10.0 Å². The summed E-state index contributed by atoms with van der Waals surface area (Å²) in [6.07, 6.45) is 2.80. The summed E-state index contributed by atoms with van der Waals surface area (Å²) in [5, 5.41) is 3.58. The summed E-state index contributed by atoms with van der Waals surface area (Å²) < 4.78 is 35.2. The van der Waals surface area contributed by atoms with Crippen molar-refractivity contribution < 1.29 is 22.7 Å². The van der Waals surface area contributed by atoms with Crippen LogP contribution in [-0.2, 0) is 32.6 Å². The molecule has 1 N–H and O–H groups in total. The molecule has 254 valence electrons. The molecule has 1 atom stereocenters. The van der Waals surface area contributed by atoms with Gasteiger partial charge >= 0.3 is 0 Å². The highest BCUT2D eigenvalue weighted by Gasteiger charge is 2.34. The third-order valence-electron chi connectivity index (χ3n) is 7.52. The van der Waals surface area contributed by atoms with E-state index in [0.29, 0.717) is 40.9 Å². The summed E-state index contributed by atoms with van der Waals surface area (Å²) in [5.41, 5.74) is 1.73. The van der Waals surface area contributed by atoms with Gasteiger partial charge in [-0.1, -0.05) is 66.5 Å². The van der Waals surface area contributed by atoms with Gasteiger partial charge < -0.3 is 15.0 Å². The molecule has 4 rings (SSSR count). The van der Waals surface area contributed by atoms with Crippen LogP contribution in [0.4, 0.5) is 5.69 Å². The first-order chi connectivity index (χ1) is 23.1. The highest BCUT2D eigenvalue weighted by Crippen LogP contribution is 2.29. The molecule has 0 heterocycles. The van der Waals surface area contributed by atoms with E-state index in [0.717, 1.165) is 14.8 Å². The minimum Gasteiger partial charge on any atom is -0.494 e. The van der Waals surface area contributed by atoms with Crippen molar-refractivity contribution in [2.75, 3.05) is 30.3 Å². The van der Waals surface area contributed by atoms with Crippen LogP contribution in [0.5, 0.6) is 5.75 Å². The van der Waals surface area contributed by atoms with Crippen LogP contribution in [0.1, 0.15) is 31.4 Å². The van der Waals surface area contributed by atoms with Crippen LogP contribution in [0, 0.1) is 0 Å². The maximum atomic E-state index is 14.6. The van der Waals surface area contributed by atoms with Crippen LogP contribution in [0.3, 0.4) is 0 Å². The van der Waals surface area contributed by atoms with Crippen LogP contribution < -0.4 is 14.4 Å². The van der Waals surface area contributed by atoms with E-state index >= 15 is 0 Å². The predicted molar refractivity (Wildman–Crippen MR) is 195 cm³/mol. The lowest BCUT2D eigenvalue weighted by molar-refractivity contribution is -0.140. The number of rotatable bonds is 16. The Morgan fingerprint density at radius 1 is 0.875 bits per heavy atom. The Morgan fingerprint density at radius 2 is 1.56 bits per heavy atom. The minimum absolute atomic E-state index is 0.0215. The number of sulfonamides is 1. The maximum Gasteiger partial charge on any atom is 0.264 e. The molecule has 2 amide bonds. The monoisotopic (exact) mass is 727 g/mol. The minimum atomic E-state index is -4.24. The van der Waals surface area contributed by atoms with Gasteiger partial charge in [-0.25, -0.2) is 8.42 Å². The molecule has 0 aromatic heterocycles. The number of carbonyl (C=O) groups excluding carboxylic acids is 2. The predicted octanol–water partition coefficient (Wildman–Crippen LogP) is 7.48. The average Bonchev–Trinajstić information content (AvgIpc) is 3.10. The lowest BCUT2D eigenvalue weighted by atomic mass is 10.0. The molecule has 0 bridgehead atoms. The van der Waals surface area contributed by atoms with Crippen LogP contribution in [0.15, 0.2) is 107 Å². The van der Waals surface area contributed by atoms with E-state index in [2.05, 4.69) is 5.32 Å². The average molecular weight is 729 g/mol. The molecule has 0 spiro atoms. The van der Waals surface area contributed by atoms with Gasteiger partial charge in [0.2, 0.25) is 11.8 Å². The first kappa shape index (κ1) is 37.1. The Bertz CT molecular complexity index is 1770. The molecule has 0 saturated heterocycles. The van der Waals surface area contributed by atoms with Gasteiger partial charge in [-0.15, -0.1) is 11.8 Å². The molecule has 0 unspecified atom stereocenters. The fraction of sp³-hybridized carbons (Fsp3) is 0.278. The van der Waals surface area contributed by atoms with Crippen LogP contribution in [0.2, 0.25) is 10.0 Å². The Balaban J connectivity index is 1.81. The van der Waals surface area contributed by atoms with E-state index in [9.17, 15) is 18.0 Å². The van der Waals surface area contributed by atoms with Crippen molar-refractivity contribution >= 4 is 62.5 Å². The summed E-state index contributed by atoms with van der Waals surface area (Å²) in [6.45, 7) is 4.05. The Hall–Kier alpha value is -3.70.